The predicted octanol–water partition coefficient (Wildman–Crippen LogP) is 1.53. The fourth-order valence-corrected chi connectivity index (χ4v) is 1.31. The van der Waals surface area contributed by atoms with Crippen LogP contribution in [0.4, 0.5) is 0 Å². The van der Waals surface area contributed by atoms with Gasteiger partial charge < -0.3 is 4.81 Å². The van der Waals surface area contributed by atoms with Gasteiger partial charge in [-0.05, 0) is 25.9 Å². The second-order valence-electron chi connectivity index (χ2n) is 2.71. The highest BCUT2D eigenvalue weighted by atomic mass is 15.0. The van der Waals surface area contributed by atoms with Crippen LogP contribution in [0.25, 0.3) is 0 Å². The smallest absolute Gasteiger partial charge is 0.208 e. The molecule has 1 aliphatic heterocycles. The quantitative estimate of drug-likeness (QED) is 0.504. The van der Waals surface area contributed by atoms with Crippen LogP contribution in [0.1, 0.15) is 26.2 Å². The number of hydrogen-bond acceptors (Lipinski definition) is 1. The maximum absolute atomic E-state index is 2.45. The second-order valence-corrected chi connectivity index (χ2v) is 2.71. The minimum absolute atomic E-state index is 1.26. The van der Waals surface area contributed by atoms with Crippen LogP contribution in [-0.2, 0) is 0 Å². The fourth-order valence-electron chi connectivity index (χ4n) is 1.31. The molecule has 0 bridgehead atoms. The molecule has 51 valence electrons. The zero-order valence-electron chi connectivity index (χ0n) is 6.27. The molecule has 0 atom stereocenters. The van der Waals surface area contributed by atoms with Crippen molar-refractivity contribution in [3.05, 3.63) is 0 Å². The van der Waals surface area contributed by atoms with Gasteiger partial charge in [0.25, 0.3) is 0 Å². The van der Waals surface area contributed by atoms with Crippen LogP contribution < -0.4 is 0 Å². The van der Waals surface area contributed by atoms with Crippen LogP contribution in [0.3, 0.4) is 0 Å². The van der Waals surface area contributed by atoms with E-state index in [0.29, 0.717) is 0 Å². The minimum atomic E-state index is 1.26. The Morgan fingerprint density at radius 1 is 1.44 bits per heavy atom. The lowest BCUT2D eigenvalue weighted by atomic mass is 9.79. The van der Waals surface area contributed by atoms with Crippen molar-refractivity contribution in [1.82, 2.24) is 4.81 Å². The molecule has 0 aliphatic carbocycles. The third-order valence-corrected chi connectivity index (χ3v) is 1.80. The molecule has 1 radical (unpaired) electrons. The topological polar surface area (TPSA) is 3.24 Å². The first kappa shape index (κ1) is 7.14. The Morgan fingerprint density at radius 3 is 2.89 bits per heavy atom. The third-order valence-electron chi connectivity index (χ3n) is 1.80. The maximum Gasteiger partial charge on any atom is 0.208 e. The predicted molar refractivity (Wildman–Crippen MR) is 41.7 cm³/mol. The van der Waals surface area contributed by atoms with Crippen LogP contribution in [0.2, 0.25) is 6.32 Å². The van der Waals surface area contributed by atoms with Crippen LogP contribution in [0.15, 0.2) is 0 Å². The highest BCUT2D eigenvalue weighted by Gasteiger charge is 2.08. The number of hydrogen-bond donors (Lipinski definition) is 0. The van der Waals surface area contributed by atoms with Crippen LogP contribution in [0.5, 0.6) is 0 Å². The largest absolute Gasteiger partial charge is 0.347 e. The van der Waals surface area contributed by atoms with Crippen molar-refractivity contribution in [2.45, 2.75) is 32.5 Å². The van der Waals surface area contributed by atoms with Crippen molar-refractivity contribution >= 4 is 7.41 Å². The third kappa shape index (κ3) is 2.40. The minimum Gasteiger partial charge on any atom is -0.347 e. The summed E-state index contributed by atoms with van der Waals surface area (Å²) in [7, 11) is 2.35. The summed E-state index contributed by atoms with van der Waals surface area (Å²) in [4.78, 5) is 2.45. The highest BCUT2D eigenvalue weighted by molar-refractivity contribution is 6.32. The molecule has 0 aromatic heterocycles. The van der Waals surface area contributed by atoms with Crippen molar-refractivity contribution in [3.8, 4) is 0 Å². The van der Waals surface area contributed by atoms with Gasteiger partial charge in [-0.2, -0.15) is 0 Å². The Balaban J connectivity index is 2.08. The summed E-state index contributed by atoms with van der Waals surface area (Å²) in [5.41, 5.74) is 0. The van der Waals surface area contributed by atoms with Gasteiger partial charge in [-0.3, -0.25) is 0 Å². The summed E-state index contributed by atoms with van der Waals surface area (Å²) in [5.74, 6) is 0. The molecule has 0 N–H and O–H groups in total. The van der Waals surface area contributed by atoms with E-state index in [4.69, 9.17) is 0 Å². The van der Waals surface area contributed by atoms with Gasteiger partial charge in [0.05, 0.1) is 0 Å². The molecule has 2 heteroatoms. The van der Waals surface area contributed by atoms with Gasteiger partial charge in [-0.15, -0.1) is 0 Å². The average Bonchev–Trinajstić information content (AvgIpc) is 1.91. The van der Waals surface area contributed by atoms with E-state index in [2.05, 4.69) is 19.1 Å². The lowest BCUT2D eigenvalue weighted by Crippen LogP contribution is -2.32. The molecule has 1 heterocycles. The Hall–Kier alpha value is 0.0249. The van der Waals surface area contributed by atoms with Crippen LogP contribution in [-0.4, -0.2) is 25.3 Å². The van der Waals surface area contributed by atoms with Gasteiger partial charge in [-0.1, -0.05) is 19.7 Å². The maximum atomic E-state index is 2.45. The second kappa shape index (κ2) is 3.94. The van der Waals surface area contributed by atoms with Gasteiger partial charge in [0.15, 0.2) is 0 Å². The molecule has 0 spiro atoms. The van der Waals surface area contributed by atoms with E-state index < -0.39 is 0 Å². The zero-order valence-corrected chi connectivity index (χ0v) is 6.27. The van der Waals surface area contributed by atoms with Crippen LogP contribution in [0, 0.1) is 0 Å². The van der Waals surface area contributed by atoms with Gasteiger partial charge in [-0.25, -0.2) is 0 Å². The molecule has 9 heavy (non-hydrogen) atoms. The fraction of sp³-hybridized carbons (Fsp3) is 1.00. The molecule has 1 fully saturated rings. The molecule has 0 aromatic carbocycles. The Morgan fingerprint density at radius 2 is 2.33 bits per heavy atom. The van der Waals surface area contributed by atoms with E-state index in [1.165, 1.54) is 38.7 Å². The first-order valence-electron chi connectivity index (χ1n) is 4.01. The van der Waals surface area contributed by atoms with Crippen molar-refractivity contribution in [3.63, 3.8) is 0 Å². The first-order chi connectivity index (χ1) is 4.43. The Kier molecular flexibility index (Phi) is 3.12. The van der Waals surface area contributed by atoms with E-state index in [-0.39, 0.29) is 0 Å². The summed E-state index contributed by atoms with van der Waals surface area (Å²) < 4.78 is 0. The molecule has 1 nitrogen and oxygen atoms in total. The molecule has 1 saturated heterocycles. The van der Waals surface area contributed by atoms with Crippen molar-refractivity contribution in [2.75, 3.05) is 13.1 Å². The summed E-state index contributed by atoms with van der Waals surface area (Å²) in [5, 5.41) is 0. The van der Waals surface area contributed by atoms with Crippen LogP contribution >= 0.6 is 0 Å². The number of nitrogens with zero attached hydrogens (tertiary/aromatic N) is 1. The SMILES string of the molecule is CCCN1[B]CCCC1. The summed E-state index contributed by atoms with van der Waals surface area (Å²) >= 11 is 0. The van der Waals surface area contributed by atoms with E-state index in [0.717, 1.165) is 0 Å². The van der Waals surface area contributed by atoms with E-state index in [9.17, 15) is 0 Å². The molecular weight excluding hydrogens is 109 g/mol. The Labute approximate surface area is 58.7 Å². The molecule has 0 aromatic rings. The van der Waals surface area contributed by atoms with Gasteiger partial charge in [0, 0.05) is 0 Å². The van der Waals surface area contributed by atoms with Gasteiger partial charge in [0.1, 0.15) is 0 Å². The number of rotatable bonds is 2. The van der Waals surface area contributed by atoms with E-state index in [1.54, 1.807) is 0 Å². The van der Waals surface area contributed by atoms with Crippen molar-refractivity contribution in [2.24, 2.45) is 0 Å². The zero-order chi connectivity index (χ0) is 6.53. The highest BCUT2D eigenvalue weighted by Crippen LogP contribution is 2.07. The molecule has 0 saturated carbocycles. The monoisotopic (exact) mass is 124 g/mol. The van der Waals surface area contributed by atoms with Crippen molar-refractivity contribution < 1.29 is 0 Å². The molecule has 0 amide bonds. The molecule has 1 aliphatic rings. The molecular formula is C7H15BN. The lowest BCUT2D eigenvalue weighted by Gasteiger charge is -2.24. The first-order valence-corrected chi connectivity index (χ1v) is 4.01. The summed E-state index contributed by atoms with van der Waals surface area (Å²) in [6.45, 7) is 4.80. The lowest BCUT2D eigenvalue weighted by molar-refractivity contribution is 0.407. The normalized spacial score (nSPS) is 21.4. The average molecular weight is 124 g/mol. The summed E-state index contributed by atoms with van der Waals surface area (Å²) in [6, 6.07) is 0. The van der Waals surface area contributed by atoms with E-state index >= 15 is 0 Å². The van der Waals surface area contributed by atoms with E-state index in [1.807, 2.05) is 0 Å². The summed E-state index contributed by atoms with van der Waals surface area (Å²) in [6.07, 6.45) is 5.40. The van der Waals surface area contributed by atoms with Crippen molar-refractivity contribution in [1.29, 1.82) is 0 Å². The van der Waals surface area contributed by atoms with Gasteiger partial charge in [0.2, 0.25) is 7.41 Å². The standard InChI is InChI=1S/C7H15BN/c1-2-6-9-7-4-3-5-8-9/h2-7H2,1H3. The Bertz CT molecular complexity index is 66.6. The van der Waals surface area contributed by atoms with Gasteiger partial charge >= 0.3 is 0 Å². The molecule has 1 rings (SSSR count). The molecule has 0 unspecified atom stereocenters.